The van der Waals surface area contributed by atoms with Gasteiger partial charge in [-0.25, -0.2) is 0 Å². The third kappa shape index (κ3) is 3.82. The van der Waals surface area contributed by atoms with Gasteiger partial charge < -0.3 is 19.4 Å². The van der Waals surface area contributed by atoms with Crippen LogP contribution in [0.25, 0.3) is 5.65 Å². The quantitative estimate of drug-likeness (QED) is 0.510. The fourth-order valence-electron chi connectivity index (χ4n) is 2.37. The van der Waals surface area contributed by atoms with E-state index in [4.69, 9.17) is 0 Å². The van der Waals surface area contributed by atoms with Crippen LogP contribution in [0.5, 0.6) is 5.75 Å². The van der Waals surface area contributed by atoms with Gasteiger partial charge in [0.1, 0.15) is 11.9 Å². The molecule has 0 aliphatic heterocycles. The monoisotopic (exact) mass is 368 g/mol. The fraction of sp³-hybridized carbons (Fsp3) is 0.200. The second kappa shape index (κ2) is 6.50. The molecule has 0 aliphatic rings. The topological polar surface area (TPSA) is 91.7 Å². The first-order valence-corrected chi connectivity index (χ1v) is 7.30. The summed E-state index contributed by atoms with van der Waals surface area (Å²) in [7, 11) is 0. The highest BCUT2D eigenvalue weighted by atomic mass is 19.4. The zero-order valence-corrected chi connectivity index (χ0v) is 13.0. The number of halogens is 3. The number of hydrogen-bond donors (Lipinski definition) is 0. The highest BCUT2D eigenvalue weighted by molar-refractivity contribution is 5.41. The van der Waals surface area contributed by atoms with Crippen molar-refractivity contribution in [3.8, 4) is 5.75 Å². The molecule has 1 aromatic carbocycles. The van der Waals surface area contributed by atoms with E-state index in [0.29, 0.717) is 12.0 Å². The van der Waals surface area contributed by atoms with Crippen LogP contribution >= 0.6 is 0 Å². The van der Waals surface area contributed by atoms with Gasteiger partial charge in [0.25, 0.3) is 0 Å². The van der Waals surface area contributed by atoms with Crippen molar-refractivity contribution < 1.29 is 22.8 Å². The number of imidazole rings is 1. The van der Waals surface area contributed by atoms with Gasteiger partial charge in [0.05, 0.1) is 0 Å². The lowest BCUT2D eigenvalue weighted by molar-refractivity contribution is -0.389. The van der Waals surface area contributed by atoms with Crippen molar-refractivity contribution in [2.24, 2.45) is 0 Å². The minimum Gasteiger partial charge on any atom is -0.406 e. The molecule has 3 aromatic rings. The van der Waals surface area contributed by atoms with Gasteiger partial charge in [-0.2, -0.15) is 0 Å². The minimum atomic E-state index is -4.75. The number of nitrogens with zero attached hydrogens (tertiary/aromatic N) is 4. The van der Waals surface area contributed by atoms with Crippen LogP contribution in [0.2, 0.25) is 0 Å². The van der Waals surface area contributed by atoms with Crippen LogP contribution in [0, 0.1) is 10.1 Å². The van der Waals surface area contributed by atoms with Gasteiger partial charge in [0.15, 0.2) is 0 Å². The summed E-state index contributed by atoms with van der Waals surface area (Å²) in [5, 5.41) is 10.7. The molecular weight excluding hydrogens is 357 g/mol. The first-order chi connectivity index (χ1) is 12.2. The van der Waals surface area contributed by atoms with Crippen LogP contribution in [0.3, 0.4) is 0 Å². The number of benzene rings is 1. The third-order valence-electron chi connectivity index (χ3n) is 3.56. The molecule has 11 heteroatoms. The lowest BCUT2D eigenvalue weighted by Gasteiger charge is -2.09. The van der Waals surface area contributed by atoms with E-state index in [9.17, 15) is 28.1 Å². The predicted octanol–water partition coefficient (Wildman–Crippen LogP) is 2.55. The molecule has 0 unspecified atom stereocenters. The molecule has 26 heavy (non-hydrogen) atoms. The smallest absolute Gasteiger partial charge is 0.406 e. The summed E-state index contributed by atoms with van der Waals surface area (Å²) in [6, 6.07) is 5.30. The van der Waals surface area contributed by atoms with Crippen molar-refractivity contribution in [3.05, 3.63) is 68.9 Å². The van der Waals surface area contributed by atoms with E-state index in [1.165, 1.54) is 45.6 Å². The molecule has 0 fully saturated rings. The summed E-state index contributed by atoms with van der Waals surface area (Å²) in [5.41, 5.74) is 0.117. The van der Waals surface area contributed by atoms with Crippen LogP contribution in [-0.4, -0.2) is 25.2 Å². The van der Waals surface area contributed by atoms with Crippen LogP contribution < -0.4 is 10.3 Å². The molecule has 2 aromatic heterocycles. The Bertz CT molecular complexity index is 1010. The number of rotatable bonds is 5. The summed E-state index contributed by atoms with van der Waals surface area (Å²) in [4.78, 5) is 26.0. The van der Waals surface area contributed by atoms with Crippen LogP contribution in [0.15, 0.2) is 47.7 Å². The zero-order valence-electron chi connectivity index (χ0n) is 13.0. The Morgan fingerprint density at radius 3 is 2.50 bits per heavy atom. The highest BCUT2D eigenvalue weighted by Gasteiger charge is 2.30. The molecule has 0 saturated carbocycles. The van der Waals surface area contributed by atoms with Gasteiger partial charge in [0.2, 0.25) is 0 Å². The molecule has 0 aliphatic carbocycles. The maximum atomic E-state index is 12.3. The second-order valence-corrected chi connectivity index (χ2v) is 5.33. The third-order valence-corrected chi connectivity index (χ3v) is 3.56. The second-order valence-electron chi connectivity index (χ2n) is 5.33. The average molecular weight is 368 g/mol. The Balaban J connectivity index is 1.74. The normalized spacial score (nSPS) is 11.7. The zero-order chi connectivity index (χ0) is 18.9. The van der Waals surface area contributed by atoms with Crippen molar-refractivity contribution in [2.45, 2.75) is 19.3 Å². The molecule has 8 nitrogen and oxygen atoms in total. The molecule has 136 valence electrons. The summed E-state index contributed by atoms with van der Waals surface area (Å²) in [6.07, 6.45) is -0.318. The maximum Gasteiger partial charge on any atom is 0.573 e. The lowest BCUT2D eigenvalue weighted by Crippen LogP contribution is -2.22. The molecular formula is C15H11F3N4O4. The predicted molar refractivity (Wildman–Crippen MR) is 82.9 cm³/mol. The van der Waals surface area contributed by atoms with Gasteiger partial charge in [-0.05, 0) is 34.0 Å². The number of aryl methyl sites for hydroxylation is 2. The molecule has 0 bridgehead atoms. The summed E-state index contributed by atoms with van der Waals surface area (Å²) in [6.45, 7) is 0.232. The van der Waals surface area contributed by atoms with Gasteiger partial charge in [-0.15, -0.1) is 13.2 Å². The largest absolute Gasteiger partial charge is 0.573 e. The van der Waals surface area contributed by atoms with Crippen LogP contribution in [0.4, 0.5) is 19.0 Å². The number of fused-ring (bicyclic) bond motifs is 1. The maximum absolute atomic E-state index is 12.3. The van der Waals surface area contributed by atoms with Crippen molar-refractivity contribution in [1.29, 1.82) is 0 Å². The van der Waals surface area contributed by atoms with E-state index in [0.717, 1.165) is 6.20 Å². The Morgan fingerprint density at radius 2 is 1.88 bits per heavy atom. The number of nitro groups is 1. The number of aromatic nitrogens is 3. The Morgan fingerprint density at radius 1 is 1.19 bits per heavy atom. The molecule has 0 atom stereocenters. The van der Waals surface area contributed by atoms with E-state index < -0.39 is 22.7 Å². The van der Waals surface area contributed by atoms with Gasteiger partial charge >= 0.3 is 23.4 Å². The van der Waals surface area contributed by atoms with E-state index in [2.05, 4.69) is 9.72 Å². The Kier molecular flexibility index (Phi) is 4.36. The first-order valence-electron chi connectivity index (χ1n) is 7.30. The molecule has 0 radical (unpaired) electrons. The SMILES string of the molecule is O=c1c2nc([N+](=O)[O-])cn2ccn1CCc1ccc(OC(F)(F)F)cc1. The van der Waals surface area contributed by atoms with Crippen LogP contribution in [0.1, 0.15) is 5.56 Å². The molecule has 3 rings (SSSR count). The van der Waals surface area contributed by atoms with Gasteiger partial charge in [0, 0.05) is 18.9 Å². The standard InChI is InChI=1S/C15H11F3N4O4/c16-15(17,18)26-11-3-1-10(2-4-11)5-6-20-7-8-21-9-12(22(24)25)19-13(21)14(20)23/h1-4,7-9H,5-6H2. The van der Waals surface area contributed by atoms with Gasteiger partial charge in [-0.1, -0.05) is 12.1 Å². The molecule has 0 N–H and O–H groups in total. The molecule has 0 amide bonds. The molecule has 0 saturated heterocycles. The van der Waals surface area contributed by atoms with Crippen molar-refractivity contribution in [2.75, 3.05) is 0 Å². The first kappa shape index (κ1) is 17.5. The Hall–Kier alpha value is -3.37. The molecule has 0 spiro atoms. The van der Waals surface area contributed by atoms with Gasteiger partial charge in [-0.3, -0.25) is 9.20 Å². The van der Waals surface area contributed by atoms with Crippen molar-refractivity contribution >= 4 is 11.5 Å². The van der Waals surface area contributed by atoms with Crippen molar-refractivity contribution in [1.82, 2.24) is 14.0 Å². The van der Waals surface area contributed by atoms with E-state index in [1.54, 1.807) is 0 Å². The van der Waals surface area contributed by atoms with E-state index in [1.807, 2.05) is 0 Å². The van der Waals surface area contributed by atoms with E-state index >= 15 is 0 Å². The summed E-state index contributed by atoms with van der Waals surface area (Å²) >= 11 is 0. The fourth-order valence-corrected chi connectivity index (χ4v) is 2.37. The summed E-state index contributed by atoms with van der Waals surface area (Å²) in [5.74, 6) is -0.760. The number of alkyl halides is 3. The number of ether oxygens (including phenoxy) is 1. The van der Waals surface area contributed by atoms with Crippen LogP contribution in [-0.2, 0) is 13.0 Å². The Labute approximate surface area is 143 Å². The molecule has 2 heterocycles. The minimum absolute atomic E-state index is 0.0758. The average Bonchev–Trinajstić information content (AvgIpc) is 3.00. The number of hydrogen-bond acceptors (Lipinski definition) is 5. The highest BCUT2D eigenvalue weighted by Crippen LogP contribution is 2.22. The summed E-state index contributed by atoms with van der Waals surface area (Å²) < 4.78 is 42.8. The van der Waals surface area contributed by atoms with E-state index in [-0.39, 0.29) is 17.9 Å². The van der Waals surface area contributed by atoms with Crippen molar-refractivity contribution in [3.63, 3.8) is 0 Å². The lowest BCUT2D eigenvalue weighted by atomic mass is 10.1.